The molecule has 0 radical (unpaired) electrons. The van der Waals surface area contributed by atoms with Crippen LogP contribution in [0.15, 0.2) is 28.9 Å². The van der Waals surface area contributed by atoms with Crippen molar-refractivity contribution in [3.8, 4) is 0 Å². The number of hydrogen-bond donors (Lipinski definition) is 0. The molecular weight excluding hydrogens is 599 g/mol. The third kappa shape index (κ3) is 13.1. The normalized spacial score (nSPS) is 16.0. The smallest absolute Gasteiger partial charge is 0.260 e. The van der Waals surface area contributed by atoms with Crippen LogP contribution in [0.1, 0.15) is 187 Å². The Morgan fingerprint density at radius 1 is 0.596 bits per heavy atom. The number of carbonyl (C=O) groups excluding carboxylic acids is 2. The highest BCUT2D eigenvalue weighted by atomic mass is 32.1. The molecule has 2 amide bonds. The molecule has 1 aromatic heterocycles. The van der Waals surface area contributed by atoms with E-state index >= 15 is 0 Å². The first-order valence-corrected chi connectivity index (χ1v) is 20.9. The van der Waals surface area contributed by atoms with Gasteiger partial charge in [0.2, 0.25) is 0 Å². The summed E-state index contributed by atoms with van der Waals surface area (Å²) in [6.07, 6.45) is 33.9. The third-order valence-corrected chi connectivity index (χ3v) is 11.2. The SMILES string of the molecule is CCCCCCCCC(CCCCCC)CN1C=C2C(=O)N(CC(CCCCCC)CCCCCCCC)C(c3nccs3)=C2C1=O. The lowest BCUT2D eigenvalue weighted by atomic mass is 9.93. The number of thiazole rings is 1. The number of nitrogens with zero attached hydrogens (tertiary/aromatic N) is 3. The van der Waals surface area contributed by atoms with Crippen LogP contribution in [0.25, 0.3) is 5.70 Å². The first-order chi connectivity index (χ1) is 23.0. The molecule has 0 bridgehead atoms. The van der Waals surface area contributed by atoms with Crippen LogP contribution in [-0.4, -0.2) is 39.7 Å². The summed E-state index contributed by atoms with van der Waals surface area (Å²) < 4.78 is 0. The van der Waals surface area contributed by atoms with Crippen LogP contribution in [0.4, 0.5) is 0 Å². The van der Waals surface area contributed by atoms with Gasteiger partial charge in [-0.1, -0.05) is 156 Å². The third-order valence-electron chi connectivity index (χ3n) is 10.4. The summed E-state index contributed by atoms with van der Waals surface area (Å²) in [6.45, 7) is 10.5. The highest BCUT2D eigenvalue weighted by molar-refractivity contribution is 7.10. The van der Waals surface area contributed by atoms with Crippen molar-refractivity contribution in [3.05, 3.63) is 33.9 Å². The summed E-state index contributed by atoms with van der Waals surface area (Å²) in [4.78, 5) is 36.9. The number of aromatic nitrogens is 1. The molecule has 47 heavy (non-hydrogen) atoms. The van der Waals surface area contributed by atoms with Gasteiger partial charge in [0, 0.05) is 30.9 Å². The Kier molecular flexibility index (Phi) is 19.7. The van der Waals surface area contributed by atoms with E-state index in [2.05, 4.69) is 32.7 Å². The molecule has 0 spiro atoms. The van der Waals surface area contributed by atoms with E-state index in [0.29, 0.717) is 29.5 Å². The maximum absolute atomic E-state index is 14.2. The van der Waals surface area contributed by atoms with E-state index in [-0.39, 0.29) is 11.8 Å². The molecule has 3 rings (SSSR count). The van der Waals surface area contributed by atoms with Gasteiger partial charge in [0.15, 0.2) is 0 Å². The number of amides is 2. The van der Waals surface area contributed by atoms with Gasteiger partial charge in [0.1, 0.15) is 5.01 Å². The number of unbranched alkanes of at least 4 members (excludes halogenated alkanes) is 16. The molecule has 0 saturated heterocycles. The van der Waals surface area contributed by atoms with Crippen molar-refractivity contribution in [1.82, 2.24) is 14.8 Å². The van der Waals surface area contributed by atoms with Crippen LogP contribution in [0.3, 0.4) is 0 Å². The standard InChI is InChI=1S/C41H69N3O2S/c1-5-9-13-17-19-23-26-34(25-21-15-11-7-3)31-43-33-36-37(41(43)46)38(39-42-29-30-47-39)44(40(36)45)32-35(27-22-16-12-8-4)28-24-20-18-14-10-6-2/h29-30,33-35H,5-28,31-32H2,1-4H3. The van der Waals surface area contributed by atoms with Gasteiger partial charge in [-0.3, -0.25) is 9.59 Å². The lowest BCUT2D eigenvalue weighted by Gasteiger charge is -2.27. The zero-order valence-corrected chi connectivity index (χ0v) is 31.7. The van der Waals surface area contributed by atoms with E-state index in [0.717, 1.165) is 30.1 Å². The van der Waals surface area contributed by atoms with E-state index in [1.165, 1.54) is 141 Å². The number of rotatable bonds is 29. The van der Waals surface area contributed by atoms with Crippen LogP contribution in [0, 0.1) is 11.8 Å². The molecule has 2 unspecified atom stereocenters. The molecule has 266 valence electrons. The average Bonchev–Trinajstić information content (AvgIpc) is 3.78. The Labute approximate surface area is 293 Å². The van der Waals surface area contributed by atoms with Gasteiger partial charge in [-0.25, -0.2) is 4.98 Å². The highest BCUT2D eigenvalue weighted by Crippen LogP contribution is 2.42. The van der Waals surface area contributed by atoms with Crippen LogP contribution >= 0.6 is 11.3 Å². The minimum Gasteiger partial charge on any atom is -0.314 e. The Morgan fingerprint density at radius 2 is 1.04 bits per heavy atom. The van der Waals surface area contributed by atoms with Crippen molar-refractivity contribution in [1.29, 1.82) is 0 Å². The van der Waals surface area contributed by atoms with E-state index in [9.17, 15) is 9.59 Å². The predicted octanol–water partition coefficient (Wildman–Crippen LogP) is 12.1. The molecule has 2 atom stereocenters. The fraction of sp³-hybridized carbons (Fsp3) is 0.780. The van der Waals surface area contributed by atoms with E-state index in [4.69, 9.17) is 0 Å². The number of carbonyl (C=O) groups is 2. The van der Waals surface area contributed by atoms with Gasteiger partial charge in [-0.05, 0) is 37.5 Å². The van der Waals surface area contributed by atoms with Crippen molar-refractivity contribution in [3.63, 3.8) is 0 Å². The maximum Gasteiger partial charge on any atom is 0.260 e. The van der Waals surface area contributed by atoms with Crippen molar-refractivity contribution in [2.75, 3.05) is 13.1 Å². The quantitative estimate of drug-likeness (QED) is 0.0799. The van der Waals surface area contributed by atoms with Crippen LogP contribution in [0.2, 0.25) is 0 Å². The van der Waals surface area contributed by atoms with Crippen LogP contribution in [-0.2, 0) is 9.59 Å². The van der Waals surface area contributed by atoms with Gasteiger partial charge in [-0.15, -0.1) is 11.3 Å². The minimum atomic E-state index is 0.0120. The highest BCUT2D eigenvalue weighted by Gasteiger charge is 2.46. The molecule has 0 aliphatic carbocycles. The number of hydrogen-bond acceptors (Lipinski definition) is 4. The van der Waals surface area contributed by atoms with Gasteiger partial charge < -0.3 is 9.80 Å². The van der Waals surface area contributed by atoms with Crippen molar-refractivity contribution in [2.24, 2.45) is 11.8 Å². The van der Waals surface area contributed by atoms with E-state index in [1.54, 1.807) is 17.5 Å². The minimum absolute atomic E-state index is 0.0120. The van der Waals surface area contributed by atoms with Gasteiger partial charge in [0.25, 0.3) is 11.8 Å². The van der Waals surface area contributed by atoms with Crippen LogP contribution < -0.4 is 0 Å². The summed E-state index contributed by atoms with van der Waals surface area (Å²) in [5, 5.41) is 2.77. The summed E-state index contributed by atoms with van der Waals surface area (Å²) in [6, 6.07) is 0. The predicted molar refractivity (Wildman–Crippen MR) is 201 cm³/mol. The molecule has 2 aliphatic heterocycles. The monoisotopic (exact) mass is 668 g/mol. The molecule has 0 N–H and O–H groups in total. The lowest BCUT2D eigenvalue weighted by molar-refractivity contribution is -0.124. The molecule has 0 saturated carbocycles. The Bertz CT molecular complexity index is 1080. The average molecular weight is 668 g/mol. The second-order valence-electron chi connectivity index (χ2n) is 14.5. The largest absolute Gasteiger partial charge is 0.314 e. The number of fused-ring (bicyclic) bond motifs is 1. The van der Waals surface area contributed by atoms with Crippen molar-refractivity contribution in [2.45, 2.75) is 182 Å². The summed E-state index contributed by atoms with van der Waals surface area (Å²) in [5.41, 5.74) is 1.99. The molecular formula is C41H69N3O2S. The lowest BCUT2D eigenvalue weighted by Crippen LogP contribution is -2.33. The van der Waals surface area contributed by atoms with E-state index < -0.39 is 0 Å². The molecule has 0 fully saturated rings. The maximum atomic E-state index is 14.2. The van der Waals surface area contributed by atoms with Crippen molar-refractivity contribution < 1.29 is 9.59 Å². The first kappa shape index (κ1) is 39.5. The van der Waals surface area contributed by atoms with E-state index in [1.807, 2.05) is 21.4 Å². The summed E-state index contributed by atoms with van der Waals surface area (Å²) in [5.74, 6) is 0.960. The first-order valence-electron chi connectivity index (χ1n) is 20.0. The fourth-order valence-corrected chi connectivity index (χ4v) is 8.22. The molecule has 5 nitrogen and oxygen atoms in total. The Morgan fingerprint density at radius 3 is 1.51 bits per heavy atom. The Balaban J connectivity index is 1.74. The van der Waals surface area contributed by atoms with Gasteiger partial charge in [0.05, 0.1) is 16.8 Å². The van der Waals surface area contributed by atoms with Gasteiger partial charge in [-0.2, -0.15) is 0 Å². The molecule has 1 aromatic rings. The second kappa shape index (κ2) is 23.4. The Hall–Kier alpha value is -1.95. The zero-order chi connectivity index (χ0) is 33.7. The van der Waals surface area contributed by atoms with Gasteiger partial charge >= 0.3 is 0 Å². The van der Waals surface area contributed by atoms with Crippen LogP contribution in [0.5, 0.6) is 0 Å². The fourth-order valence-electron chi connectivity index (χ4n) is 7.52. The molecule has 0 aromatic carbocycles. The topological polar surface area (TPSA) is 53.5 Å². The molecule has 3 heterocycles. The zero-order valence-electron chi connectivity index (χ0n) is 30.8. The second-order valence-corrected chi connectivity index (χ2v) is 15.4. The summed E-state index contributed by atoms with van der Waals surface area (Å²) in [7, 11) is 0. The molecule has 6 heteroatoms. The summed E-state index contributed by atoms with van der Waals surface area (Å²) >= 11 is 1.55. The van der Waals surface area contributed by atoms with Crippen molar-refractivity contribution >= 4 is 28.8 Å². The molecule has 2 aliphatic rings.